The molecule has 0 aliphatic carbocycles. The molecule has 1 aromatic carbocycles. The molecule has 0 aromatic heterocycles. The highest BCUT2D eigenvalue weighted by Crippen LogP contribution is 2.12. The molecule has 1 amide bonds. The van der Waals surface area contributed by atoms with Gasteiger partial charge in [0.2, 0.25) is 5.91 Å². The SMILES string of the molecule is CC(=O)NCCN(CCc1cccc(Cl)c1)C(C)C(=O)O. The van der Waals surface area contributed by atoms with Crippen LogP contribution in [0.4, 0.5) is 0 Å². The van der Waals surface area contributed by atoms with E-state index in [0.29, 0.717) is 31.1 Å². The number of carboxylic acid groups (broad SMARTS) is 1. The normalized spacial score (nSPS) is 12.2. The van der Waals surface area contributed by atoms with Gasteiger partial charge in [-0.15, -0.1) is 0 Å². The minimum atomic E-state index is -0.871. The summed E-state index contributed by atoms with van der Waals surface area (Å²) in [6, 6.07) is 6.92. The molecule has 0 saturated carbocycles. The number of rotatable bonds is 8. The van der Waals surface area contributed by atoms with Crippen LogP contribution in [0.5, 0.6) is 0 Å². The molecule has 0 heterocycles. The summed E-state index contributed by atoms with van der Waals surface area (Å²) >= 11 is 5.94. The maximum atomic E-state index is 11.2. The molecule has 21 heavy (non-hydrogen) atoms. The van der Waals surface area contributed by atoms with E-state index >= 15 is 0 Å². The third-order valence-electron chi connectivity index (χ3n) is 3.25. The minimum Gasteiger partial charge on any atom is -0.480 e. The first-order valence-corrected chi connectivity index (χ1v) is 7.23. The minimum absolute atomic E-state index is 0.118. The van der Waals surface area contributed by atoms with Crippen LogP contribution in [0.1, 0.15) is 19.4 Å². The number of carbonyl (C=O) groups excluding carboxylic acids is 1. The molecule has 0 radical (unpaired) electrons. The molecule has 0 fully saturated rings. The largest absolute Gasteiger partial charge is 0.480 e. The Kier molecular flexibility index (Phi) is 7.19. The Hall–Kier alpha value is -1.59. The van der Waals surface area contributed by atoms with E-state index in [0.717, 1.165) is 5.56 Å². The van der Waals surface area contributed by atoms with Gasteiger partial charge in [-0.25, -0.2) is 0 Å². The molecule has 0 aliphatic heterocycles. The van der Waals surface area contributed by atoms with Crippen LogP contribution in [0, 0.1) is 0 Å². The monoisotopic (exact) mass is 312 g/mol. The van der Waals surface area contributed by atoms with Crippen LogP contribution in [0.25, 0.3) is 0 Å². The average molecular weight is 313 g/mol. The second-order valence-electron chi connectivity index (χ2n) is 4.91. The van der Waals surface area contributed by atoms with Crippen molar-refractivity contribution in [2.24, 2.45) is 0 Å². The number of hydrogen-bond acceptors (Lipinski definition) is 3. The van der Waals surface area contributed by atoms with E-state index in [4.69, 9.17) is 16.7 Å². The van der Waals surface area contributed by atoms with Crippen molar-refractivity contribution in [3.05, 3.63) is 34.9 Å². The third-order valence-corrected chi connectivity index (χ3v) is 3.49. The third kappa shape index (κ3) is 6.60. The zero-order chi connectivity index (χ0) is 15.8. The van der Waals surface area contributed by atoms with Crippen molar-refractivity contribution in [2.45, 2.75) is 26.3 Å². The summed E-state index contributed by atoms with van der Waals surface area (Å²) in [6.07, 6.45) is 0.707. The molecule has 1 unspecified atom stereocenters. The fraction of sp³-hybridized carbons (Fsp3) is 0.467. The van der Waals surface area contributed by atoms with E-state index in [1.165, 1.54) is 6.92 Å². The fourth-order valence-electron chi connectivity index (χ4n) is 2.00. The lowest BCUT2D eigenvalue weighted by Crippen LogP contribution is -2.44. The van der Waals surface area contributed by atoms with Gasteiger partial charge in [-0.2, -0.15) is 0 Å². The lowest BCUT2D eigenvalue weighted by atomic mass is 10.1. The fourth-order valence-corrected chi connectivity index (χ4v) is 2.21. The molecular formula is C15H21ClN2O3. The van der Waals surface area contributed by atoms with Crippen LogP contribution in [0.15, 0.2) is 24.3 Å². The molecule has 0 saturated heterocycles. The van der Waals surface area contributed by atoms with Gasteiger partial charge in [0, 0.05) is 31.6 Å². The lowest BCUT2D eigenvalue weighted by molar-refractivity contribution is -0.142. The van der Waals surface area contributed by atoms with Crippen molar-refractivity contribution >= 4 is 23.5 Å². The number of carboxylic acids is 1. The first-order valence-electron chi connectivity index (χ1n) is 6.86. The Labute approximate surface area is 129 Å². The predicted molar refractivity (Wildman–Crippen MR) is 82.5 cm³/mol. The van der Waals surface area contributed by atoms with Crippen molar-refractivity contribution in [1.82, 2.24) is 10.2 Å². The van der Waals surface area contributed by atoms with Gasteiger partial charge in [0.05, 0.1) is 0 Å². The second kappa shape index (κ2) is 8.64. The molecule has 1 rings (SSSR count). The van der Waals surface area contributed by atoms with E-state index in [-0.39, 0.29) is 5.91 Å². The van der Waals surface area contributed by atoms with E-state index in [9.17, 15) is 9.59 Å². The summed E-state index contributed by atoms with van der Waals surface area (Å²) in [7, 11) is 0. The van der Waals surface area contributed by atoms with Gasteiger partial charge >= 0.3 is 5.97 Å². The average Bonchev–Trinajstić information content (AvgIpc) is 2.41. The maximum Gasteiger partial charge on any atom is 0.320 e. The first-order chi connectivity index (χ1) is 9.90. The van der Waals surface area contributed by atoms with Crippen LogP contribution in [-0.4, -0.2) is 47.6 Å². The van der Waals surface area contributed by atoms with Crippen LogP contribution in [0.2, 0.25) is 5.02 Å². The molecule has 0 bridgehead atoms. The van der Waals surface area contributed by atoms with Gasteiger partial charge in [-0.1, -0.05) is 23.7 Å². The standard InChI is InChI=1S/C15H21ClN2O3/c1-11(15(20)21)18(9-7-17-12(2)19)8-6-13-4-3-5-14(16)10-13/h3-5,10-11H,6-9H2,1-2H3,(H,17,19)(H,20,21). The van der Waals surface area contributed by atoms with Gasteiger partial charge in [0.25, 0.3) is 0 Å². The number of carbonyl (C=O) groups is 2. The number of nitrogens with one attached hydrogen (secondary N) is 1. The first kappa shape index (κ1) is 17.5. The number of hydrogen-bond donors (Lipinski definition) is 2. The van der Waals surface area contributed by atoms with Crippen LogP contribution in [-0.2, 0) is 16.0 Å². The highest BCUT2D eigenvalue weighted by atomic mass is 35.5. The van der Waals surface area contributed by atoms with Crippen molar-refractivity contribution < 1.29 is 14.7 Å². The van der Waals surface area contributed by atoms with Crippen LogP contribution in [0.3, 0.4) is 0 Å². The maximum absolute atomic E-state index is 11.2. The van der Waals surface area contributed by atoms with Crippen molar-refractivity contribution in [2.75, 3.05) is 19.6 Å². The Morgan fingerprint density at radius 1 is 1.38 bits per heavy atom. The summed E-state index contributed by atoms with van der Waals surface area (Å²) in [4.78, 5) is 23.9. The highest BCUT2D eigenvalue weighted by Gasteiger charge is 2.20. The molecule has 1 aromatic rings. The van der Waals surface area contributed by atoms with Crippen molar-refractivity contribution in [3.63, 3.8) is 0 Å². The second-order valence-corrected chi connectivity index (χ2v) is 5.35. The number of nitrogens with zero attached hydrogens (tertiary/aromatic N) is 1. The molecule has 116 valence electrons. The van der Waals surface area contributed by atoms with Crippen LogP contribution >= 0.6 is 11.6 Å². The lowest BCUT2D eigenvalue weighted by Gasteiger charge is -2.26. The van der Waals surface area contributed by atoms with Gasteiger partial charge in [-0.05, 0) is 31.0 Å². The number of benzene rings is 1. The Balaban J connectivity index is 2.59. The van der Waals surface area contributed by atoms with E-state index < -0.39 is 12.0 Å². The number of aliphatic carboxylic acids is 1. The Morgan fingerprint density at radius 3 is 2.67 bits per heavy atom. The number of halogens is 1. The molecular weight excluding hydrogens is 292 g/mol. The summed E-state index contributed by atoms with van der Waals surface area (Å²) < 4.78 is 0. The molecule has 5 nitrogen and oxygen atoms in total. The van der Waals surface area contributed by atoms with Crippen molar-refractivity contribution in [3.8, 4) is 0 Å². The topological polar surface area (TPSA) is 69.6 Å². The summed E-state index contributed by atoms with van der Waals surface area (Å²) in [5.41, 5.74) is 1.06. The van der Waals surface area contributed by atoms with Gasteiger partial charge in [0.15, 0.2) is 0 Å². The van der Waals surface area contributed by atoms with E-state index in [2.05, 4.69) is 5.32 Å². The molecule has 0 spiro atoms. The molecule has 6 heteroatoms. The smallest absolute Gasteiger partial charge is 0.320 e. The predicted octanol–water partition coefficient (Wildman–Crippen LogP) is 1.79. The Bertz CT molecular complexity index is 494. The van der Waals surface area contributed by atoms with Crippen LogP contribution < -0.4 is 5.32 Å². The molecule has 1 atom stereocenters. The van der Waals surface area contributed by atoms with Gasteiger partial charge < -0.3 is 10.4 Å². The quantitative estimate of drug-likeness (QED) is 0.768. The number of amides is 1. The van der Waals surface area contributed by atoms with Gasteiger partial charge in [-0.3, -0.25) is 14.5 Å². The van der Waals surface area contributed by atoms with Gasteiger partial charge in [0.1, 0.15) is 6.04 Å². The zero-order valence-corrected chi connectivity index (χ0v) is 13.1. The van der Waals surface area contributed by atoms with E-state index in [1.807, 2.05) is 23.1 Å². The summed E-state index contributed by atoms with van der Waals surface area (Å²) in [5.74, 6) is -0.989. The zero-order valence-electron chi connectivity index (χ0n) is 12.3. The summed E-state index contributed by atoms with van der Waals surface area (Å²) in [6.45, 7) is 4.61. The Morgan fingerprint density at radius 2 is 2.10 bits per heavy atom. The molecule has 0 aliphatic rings. The van der Waals surface area contributed by atoms with E-state index in [1.54, 1.807) is 13.0 Å². The highest BCUT2D eigenvalue weighted by molar-refractivity contribution is 6.30. The molecule has 2 N–H and O–H groups in total. The van der Waals surface area contributed by atoms with Crippen molar-refractivity contribution in [1.29, 1.82) is 0 Å². The summed E-state index contributed by atoms with van der Waals surface area (Å²) in [5, 5.41) is 12.5.